The van der Waals surface area contributed by atoms with Crippen LogP contribution >= 0.6 is 0 Å². The highest BCUT2D eigenvalue weighted by molar-refractivity contribution is 5.94. The molecule has 1 fully saturated rings. The van der Waals surface area contributed by atoms with Crippen LogP contribution in [0.3, 0.4) is 0 Å². The third kappa shape index (κ3) is 3.83. The quantitative estimate of drug-likeness (QED) is 0.916. The van der Waals surface area contributed by atoms with E-state index in [1.54, 1.807) is 6.20 Å². The van der Waals surface area contributed by atoms with E-state index >= 15 is 0 Å². The molecule has 3 rings (SSSR count). The molecule has 0 radical (unpaired) electrons. The van der Waals surface area contributed by atoms with E-state index in [0.29, 0.717) is 11.5 Å². The van der Waals surface area contributed by atoms with Crippen molar-refractivity contribution in [3.8, 4) is 0 Å². The Bertz CT molecular complexity index is 711. The van der Waals surface area contributed by atoms with Gasteiger partial charge in [0.2, 0.25) is 0 Å². The second kappa shape index (κ2) is 7.25. The van der Waals surface area contributed by atoms with Crippen LogP contribution in [0.25, 0.3) is 0 Å². The van der Waals surface area contributed by atoms with Gasteiger partial charge in [-0.25, -0.2) is 4.98 Å². The Morgan fingerprint density at radius 3 is 2.60 bits per heavy atom. The molecule has 6 nitrogen and oxygen atoms in total. The summed E-state index contributed by atoms with van der Waals surface area (Å²) in [5.74, 6) is 2.32. The minimum absolute atomic E-state index is 0.0314. The first-order valence-electron chi connectivity index (χ1n) is 8.90. The fraction of sp³-hybridized carbons (Fsp3) is 0.526. The van der Waals surface area contributed by atoms with Gasteiger partial charge in [-0.1, -0.05) is 12.1 Å². The van der Waals surface area contributed by atoms with E-state index in [-0.39, 0.29) is 11.9 Å². The lowest BCUT2D eigenvalue weighted by Crippen LogP contribution is -2.37. The summed E-state index contributed by atoms with van der Waals surface area (Å²) >= 11 is 0. The first-order chi connectivity index (χ1) is 12.0. The number of hydrogen-bond acceptors (Lipinski definition) is 5. The number of aromatic nitrogens is 2. The van der Waals surface area contributed by atoms with E-state index < -0.39 is 0 Å². The van der Waals surface area contributed by atoms with Crippen molar-refractivity contribution in [3.05, 3.63) is 40.9 Å². The fourth-order valence-electron chi connectivity index (χ4n) is 3.40. The molecule has 1 aliphatic heterocycles. The maximum absolute atomic E-state index is 12.6. The van der Waals surface area contributed by atoms with E-state index in [1.165, 1.54) is 0 Å². The van der Waals surface area contributed by atoms with Gasteiger partial charge in [-0.3, -0.25) is 4.79 Å². The molecule has 6 heteroatoms. The van der Waals surface area contributed by atoms with Gasteiger partial charge in [0, 0.05) is 24.8 Å². The summed E-state index contributed by atoms with van der Waals surface area (Å²) in [5, 5.41) is 7.33. The second-order valence-corrected chi connectivity index (χ2v) is 7.01. The first-order valence-corrected chi connectivity index (χ1v) is 8.90. The molecule has 1 aliphatic rings. The number of nitrogens with zero attached hydrogens (tertiary/aromatic N) is 3. The molecule has 2 aromatic rings. The smallest absolute Gasteiger partial charge is 0.255 e. The van der Waals surface area contributed by atoms with Gasteiger partial charge < -0.3 is 14.7 Å². The summed E-state index contributed by atoms with van der Waals surface area (Å²) in [6, 6.07) is 3.73. The van der Waals surface area contributed by atoms with Crippen LogP contribution in [-0.2, 0) is 0 Å². The van der Waals surface area contributed by atoms with Crippen molar-refractivity contribution >= 4 is 11.7 Å². The standard InChI is InChI=1S/C19H26N4O2/c1-12-7-9-23(10-8-12)19(24)16-5-6-17(20-11-16)21-13(2)18-14(3)22-25-15(18)4/h5-6,11-13H,7-10H2,1-4H3,(H,20,21). The number of piperidine rings is 1. The van der Waals surface area contributed by atoms with Crippen LogP contribution in [0.5, 0.6) is 0 Å². The number of hydrogen-bond donors (Lipinski definition) is 1. The molecule has 134 valence electrons. The number of carbonyl (C=O) groups excluding carboxylic acids is 1. The van der Waals surface area contributed by atoms with Gasteiger partial charge in [-0.05, 0) is 51.7 Å². The molecule has 2 aromatic heterocycles. The highest BCUT2D eigenvalue weighted by Crippen LogP contribution is 2.24. The Labute approximate surface area is 148 Å². The Kier molecular flexibility index (Phi) is 5.06. The number of anilines is 1. The van der Waals surface area contributed by atoms with Crippen LogP contribution in [0.2, 0.25) is 0 Å². The van der Waals surface area contributed by atoms with Crippen LogP contribution in [0.15, 0.2) is 22.9 Å². The zero-order chi connectivity index (χ0) is 18.0. The minimum Gasteiger partial charge on any atom is -0.363 e. The van der Waals surface area contributed by atoms with Crippen molar-refractivity contribution in [2.24, 2.45) is 5.92 Å². The van der Waals surface area contributed by atoms with E-state index in [1.807, 2.05) is 37.8 Å². The third-order valence-electron chi connectivity index (χ3n) is 4.97. The maximum atomic E-state index is 12.6. The molecule has 0 bridgehead atoms. The summed E-state index contributed by atoms with van der Waals surface area (Å²) in [5.41, 5.74) is 2.57. The predicted octanol–water partition coefficient (Wildman–Crippen LogP) is 3.73. The van der Waals surface area contributed by atoms with E-state index in [4.69, 9.17) is 4.52 Å². The van der Waals surface area contributed by atoms with Gasteiger partial charge in [0.05, 0.1) is 17.3 Å². The second-order valence-electron chi connectivity index (χ2n) is 7.01. The lowest BCUT2D eigenvalue weighted by Gasteiger charge is -2.30. The Balaban J connectivity index is 1.65. The van der Waals surface area contributed by atoms with Crippen molar-refractivity contribution < 1.29 is 9.32 Å². The van der Waals surface area contributed by atoms with Crippen molar-refractivity contribution in [2.45, 2.75) is 46.6 Å². The van der Waals surface area contributed by atoms with Gasteiger partial charge in [0.1, 0.15) is 11.6 Å². The van der Waals surface area contributed by atoms with E-state index in [0.717, 1.165) is 48.8 Å². The Morgan fingerprint density at radius 2 is 2.04 bits per heavy atom. The summed E-state index contributed by atoms with van der Waals surface area (Å²) < 4.78 is 5.22. The number of aryl methyl sites for hydroxylation is 2. The number of amides is 1. The molecule has 1 atom stereocenters. The van der Waals surface area contributed by atoms with Gasteiger partial charge >= 0.3 is 0 Å². The average molecular weight is 342 g/mol. The molecular formula is C19H26N4O2. The SMILES string of the molecule is Cc1noc(C)c1C(C)Nc1ccc(C(=O)N2CCC(C)CC2)cn1. The average Bonchev–Trinajstić information content (AvgIpc) is 2.94. The maximum Gasteiger partial charge on any atom is 0.255 e. The zero-order valence-corrected chi connectivity index (χ0v) is 15.4. The third-order valence-corrected chi connectivity index (χ3v) is 4.97. The molecular weight excluding hydrogens is 316 g/mol. The Morgan fingerprint density at radius 1 is 1.32 bits per heavy atom. The molecule has 0 spiro atoms. The highest BCUT2D eigenvalue weighted by atomic mass is 16.5. The fourth-order valence-corrected chi connectivity index (χ4v) is 3.40. The molecule has 25 heavy (non-hydrogen) atoms. The molecule has 1 saturated heterocycles. The van der Waals surface area contributed by atoms with Crippen molar-refractivity contribution in [1.82, 2.24) is 15.0 Å². The number of nitrogens with one attached hydrogen (secondary N) is 1. The normalized spacial score (nSPS) is 16.7. The van der Waals surface area contributed by atoms with Crippen LogP contribution in [0.4, 0.5) is 5.82 Å². The van der Waals surface area contributed by atoms with Crippen molar-refractivity contribution in [3.63, 3.8) is 0 Å². The van der Waals surface area contributed by atoms with Crippen molar-refractivity contribution in [1.29, 1.82) is 0 Å². The largest absolute Gasteiger partial charge is 0.363 e. The first kappa shape index (κ1) is 17.5. The minimum atomic E-state index is 0.0314. The molecule has 0 saturated carbocycles. The van der Waals surface area contributed by atoms with Crippen LogP contribution in [0.1, 0.15) is 60.1 Å². The lowest BCUT2D eigenvalue weighted by molar-refractivity contribution is 0.0697. The molecule has 3 heterocycles. The van der Waals surface area contributed by atoms with Crippen LogP contribution in [-0.4, -0.2) is 34.0 Å². The monoisotopic (exact) mass is 342 g/mol. The predicted molar refractivity (Wildman–Crippen MR) is 96.6 cm³/mol. The number of carbonyl (C=O) groups is 1. The van der Waals surface area contributed by atoms with Crippen LogP contribution < -0.4 is 5.32 Å². The van der Waals surface area contributed by atoms with Gasteiger partial charge in [0.15, 0.2) is 0 Å². The summed E-state index contributed by atoms with van der Waals surface area (Å²) in [6.07, 6.45) is 3.81. The molecule has 0 aromatic carbocycles. The molecule has 1 amide bonds. The topological polar surface area (TPSA) is 71.3 Å². The van der Waals surface area contributed by atoms with E-state index in [9.17, 15) is 4.79 Å². The summed E-state index contributed by atoms with van der Waals surface area (Å²) in [6.45, 7) is 9.79. The molecule has 1 unspecified atom stereocenters. The summed E-state index contributed by atoms with van der Waals surface area (Å²) in [4.78, 5) is 18.9. The highest BCUT2D eigenvalue weighted by Gasteiger charge is 2.22. The molecule has 1 N–H and O–H groups in total. The number of pyridine rings is 1. The van der Waals surface area contributed by atoms with E-state index in [2.05, 4.69) is 22.4 Å². The van der Waals surface area contributed by atoms with Gasteiger partial charge in [-0.15, -0.1) is 0 Å². The summed E-state index contributed by atoms with van der Waals surface area (Å²) in [7, 11) is 0. The van der Waals surface area contributed by atoms with Crippen LogP contribution in [0, 0.1) is 19.8 Å². The van der Waals surface area contributed by atoms with Gasteiger partial charge in [0.25, 0.3) is 5.91 Å². The van der Waals surface area contributed by atoms with Crippen molar-refractivity contribution in [2.75, 3.05) is 18.4 Å². The van der Waals surface area contributed by atoms with Gasteiger partial charge in [-0.2, -0.15) is 0 Å². The number of rotatable bonds is 4. The Hall–Kier alpha value is -2.37. The number of likely N-dealkylation sites (tertiary alicyclic amines) is 1. The lowest BCUT2D eigenvalue weighted by atomic mass is 9.99. The zero-order valence-electron chi connectivity index (χ0n) is 15.4. The molecule has 0 aliphatic carbocycles.